The Kier molecular flexibility index (Phi) is 6.37. The summed E-state index contributed by atoms with van der Waals surface area (Å²) in [6.07, 6.45) is 5.04. The fourth-order valence-corrected chi connectivity index (χ4v) is 3.55. The zero-order valence-corrected chi connectivity index (χ0v) is 16.9. The predicted octanol–water partition coefficient (Wildman–Crippen LogP) is 5.81. The third-order valence-electron chi connectivity index (χ3n) is 4.19. The summed E-state index contributed by atoms with van der Waals surface area (Å²) in [5.74, 6) is 1.95. The molecule has 1 N–H and O–H groups in total. The summed E-state index contributed by atoms with van der Waals surface area (Å²) in [7, 11) is 0. The Morgan fingerprint density at radius 1 is 0.900 bits per heavy atom. The molecule has 5 nitrogen and oxygen atoms in total. The third-order valence-corrected chi connectivity index (χ3v) is 5.17. The van der Waals surface area contributed by atoms with Crippen LogP contribution in [0.2, 0.25) is 0 Å². The van der Waals surface area contributed by atoms with Crippen molar-refractivity contribution in [3.63, 3.8) is 0 Å². The molecule has 1 amide bonds. The normalized spacial score (nSPS) is 10.4. The SMILES string of the molecule is O=C(Nc1cccc(Oc2ccccc2)c1)c1cccc(CSc2cnccn2)c1. The topological polar surface area (TPSA) is 64.1 Å². The first-order valence-electron chi connectivity index (χ1n) is 9.38. The molecule has 1 heterocycles. The van der Waals surface area contributed by atoms with Crippen molar-refractivity contribution >= 4 is 23.4 Å². The Bertz CT molecular complexity index is 1120. The van der Waals surface area contributed by atoms with Gasteiger partial charge in [0.15, 0.2) is 0 Å². The van der Waals surface area contributed by atoms with Crippen LogP contribution < -0.4 is 10.1 Å². The maximum Gasteiger partial charge on any atom is 0.255 e. The average Bonchev–Trinajstić information content (AvgIpc) is 2.79. The van der Waals surface area contributed by atoms with E-state index in [2.05, 4.69) is 15.3 Å². The molecule has 0 aliphatic rings. The fourth-order valence-electron chi connectivity index (χ4n) is 2.78. The first-order valence-corrected chi connectivity index (χ1v) is 10.4. The van der Waals surface area contributed by atoms with E-state index in [9.17, 15) is 4.79 Å². The second-order valence-electron chi connectivity index (χ2n) is 6.43. The number of para-hydroxylation sites is 1. The van der Waals surface area contributed by atoms with Crippen LogP contribution in [-0.4, -0.2) is 15.9 Å². The minimum Gasteiger partial charge on any atom is -0.457 e. The minimum absolute atomic E-state index is 0.168. The molecule has 0 unspecified atom stereocenters. The highest BCUT2D eigenvalue weighted by Crippen LogP contribution is 2.25. The van der Waals surface area contributed by atoms with Gasteiger partial charge in [-0.25, -0.2) is 4.98 Å². The summed E-state index contributed by atoms with van der Waals surface area (Å²) >= 11 is 1.58. The number of ether oxygens (including phenoxy) is 1. The molecule has 0 saturated carbocycles. The summed E-state index contributed by atoms with van der Waals surface area (Å²) in [6.45, 7) is 0. The van der Waals surface area contributed by atoms with Crippen molar-refractivity contribution in [3.05, 3.63) is 109 Å². The van der Waals surface area contributed by atoms with Crippen LogP contribution in [0.3, 0.4) is 0 Å². The number of anilines is 1. The Balaban J connectivity index is 1.41. The predicted molar refractivity (Wildman–Crippen MR) is 119 cm³/mol. The van der Waals surface area contributed by atoms with E-state index in [4.69, 9.17) is 4.74 Å². The number of nitrogens with one attached hydrogen (secondary N) is 1. The minimum atomic E-state index is -0.168. The highest BCUT2D eigenvalue weighted by molar-refractivity contribution is 7.98. The molecule has 0 atom stereocenters. The van der Waals surface area contributed by atoms with E-state index in [1.807, 2.05) is 66.7 Å². The molecular formula is C24H19N3O2S. The van der Waals surface area contributed by atoms with Crippen molar-refractivity contribution < 1.29 is 9.53 Å². The van der Waals surface area contributed by atoms with Gasteiger partial charge in [0, 0.05) is 35.5 Å². The van der Waals surface area contributed by atoms with Crippen LogP contribution in [0.1, 0.15) is 15.9 Å². The molecule has 4 rings (SSSR count). The van der Waals surface area contributed by atoms with E-state index in [0.717, 1.165) is 16.3 Å². The Hall–Kier alpha value is -3.64. The van der Waals surface area contributed by atoms with Crippen LogP contribution in [-0.2, 0) is 5.75 Å². The monoisotopic (exact) mass is 413 g/mol. The lowest BCUT2D eigenvalue weighted by atomic mass is 10.1. The van der Waals surface area contributed by atoms with Crippen LogP contribution in [0, 0.1) is 0 Å². The first kappa shape index (κ1) is 19.7. The van der Waals surface area contributed by atoms with Crippen LogP contribution in [0.15, 0.2) is 102 Å². The number of benzene rings is 3. The lowest BCUT2D eigenvalue weighted by Crippen LogP contribution is -2.12. The van der Waals surface area contributed by atoms with Gasteiger partial charge < -0.3 is 10.1 Å². The van der Waals surface area contributed by atoms with Crippen LogP contribution in [0.25, 0.3) is 0 Å². The van der Waals surface area contributed by atoms with E-state index in [1.54, 1.807) is 42.5 Å². The maximum absolute atomic E-state index is 12.7. The van der Waals surface area contributed by atoms with E-state index in [0.29, 0.717) is 22.8 Å². The van der Waals surface area contributed by atoms with Crippen molar-refractivity contribution in [1.29, 1.82) is 0 Å². The van der Waals surface area contributed by atoms with E-state index in [-0.39, 0.29) is 5.91 Å². The lowest BCUT2D eigenvalue weighted by molar-refractivity contribution is 0.102. The average molecular weight is 414 g/mol. The van der Waals surface area contributed by atoms with Gasteiger partial charge in [-0.05, 0) is 42.0 Å². The molecule has 1 aromatic heterocycles. The van der Waals surface area contributed by atoms with Gasteiger partial charge in [0.05, 0.1) is 6.20 Å². The number of nitrogens with zero attached hydrogens (tertiary/aromatic N) is 2. The van der Waals surface area contributed by atoms with E-state index >= 15 is 0 Å². The quantitative estimate of drug-likeness (QED) is 0.387. The summed E-state index contributed by atoms with van der Waals surface area (Å²) < 4.78 is 5.83. The van der Waals surface area contributed by atoms with Gasteiger partial charge in [-0.15, -0.1) is 11.8 Å². The van der Waals surface area contributed by atoms with Crippen molar-refractivity contribution in [2.45, 2.75) is 10.8 Å². The van der Waals surface area contributed by atoms with Gasteiger partial charge in [0.25, 0.3) is 5.91 Å². The fraction of sp³-hybridized carbons (Fsp3) is 0.0417. The molecule has 30 heavy (non-hydrogen) atoms. The second-order valence-corrected chi connectivity index (χ2v) is 7.43. The van der Waals surface area contributed by atoms with Gasteiger partial charge in [-0.1, -0.05) is 36.4 Å². The Labute approximate surface area is 179 Å². The largest absolute Gasteiger partial charge is 0.457 e. The number of rotatable bonds is 7. The van der Waals surface area contributed by atoms with Gasteiger partial charge in [0.2, 0.25) is 0 Å². The molecule has 0 fully saturated rings. The smallest absolute Gasteiger partial charge is 0.255 e. The van der Waals surface area contributed by atoms with Gasteiger partial charge in [0.1, 0.15) is 16.5 Å². The molecule has 0 bridgehead atoms. The number of hydrogen-bond donors (Lipinski definition) is 1. The van der Waals surface area contributed by atoms with Gasteiger partial charge in [-0.2, -0.15) is 0 Å². The molecule has 0 aliphatic heterocycles. The summed E-state index contributed by atoms with van der Waals surface area (Å²) in [6, 6.07) is 24.4. The molecule has 0 spiro atoms. The van der Waals surface area contributed by atoms with Crippen molar-refractivity contribution in [3.8, 4) is 11.5 Å². The number of carbonyl (C=O) groups excluding carboxylic acids is 1. The highest BCUT2D eigenvalue weighted by Gasteiger charge is 2.08. The summed E-state index contributed by atoms with van der Waals surface area (Å²) in [5.41, 5.74) is 2.31. The highest BCUT2D eigenvalue weighted by atomic mass is 32.2. The zero-order chi connectivity index (χ0) is 20.6. The molecular weight excluding hydrogens is 394 g/mol. The number of hydrogen-bond acceptors (Lipinski definition) is 5. The standard InChI is InChI=1S/C24H19N3O2S/c28-24(19-7-4-6-18(14-19)17-30-23-16-25-12-13-26-23)27-20-8-5-11-22(15-20)29-21-9-2-1-3-10-21/h1-16H,17H2,(H,27,28). The molecule has 0 saturated heterocycles. The third kappa shape index (κ3) is 5.46. The molecule has 6 heteroatoms. The van der Waals surface area contributed by atoms with E-state index in [1.165, 1.54) is 0 Å². The lowest BCUT2D eigenvalue weighted by Gasteiger charge is -2.10. The van der Waals surface area contributed by atoms with Gasteiger partial charge >= 0.3 is 0 Å². The summed E-state index contributed by atoms with van der Waals surface area (Å²) in [4.78, 5) is 21.0. The van der Waals surface area contributed by atoms with Crippen LogP contribution in [0.5, 0.6) is 11.5 Å². The molecule has 0 aliphatic carbocycles. The Morgan fingerprint density at radius 3 is 2.57 bits per heavy atom. The maximum atomic E-state index is 12.7. The number of thioether (sulfide) groups is 1. The molecule has 148 valence electrons. The summed E-state index contributed by atoms with van der Waals surface area (Å²) in [5, 5.41) is 3.79. The van der Waals surface area contributed by atoms with Crippen LogP contribution in [0.4, 0.5) is 5.69 Å². The van der Waals surface area contributed by atoms with Crippen LogP contribution >= 0.6 is 11.8 Å². The first-order chi connectivity index (χ1) is 14.8. The zero-order valence-electron chi connectivity index (χ0n) is 16.1. The Morgan fingerprint density at radius 2 is 1.73 bits per heavy atom. The van der Waals surface area contributed by atoms with Crippen molar-refractivity contribution in [2.24, 2.45) is 0 Å². The van der Waals surface area contributed by atoms with E-state index < -0.39 is 0 Å². The van der Waals surface area contributed by atoms with Crippen molar-refractivity contribution in [1.82, 2.24) is 9.97 Å². The van der Waals surface area contributed by atoms with Gasteiger partial charge in [-0.3, -0.25) is 9.78 Å². The number of aromatic nitrogens is 2. The number of amides is 1. The molecule has 4 aromatic rings. The number of carbonyl (C=O) groups is 1. The van der Waals surface area contributed by atoms with Crippen molar-refractivity contribution in [2.75, 3.05) is 5.32 Å². The molecule has 3 aromatic carbocycles. The second kappa shape index (κ2) is 9.71. The molecule has 0 radical (unpaired) electrons.